The number of hydrogen-bond acceptors (Lipinski definition) is 17. The molecule has 4 heterocycles. The zero-order valence-electron chi connectivity index (χ0n) is 44.0. The molecule has 9 rings (SSSR count). The van der Waals surface area contributed by atoms with Crippen molar-refractivity contribution in [2.75, 3.05) is 53.1 Å². The number of aromatic nitrogens is 2. The fraction of sp³-hybridized carbons (Fsp3) is 0.556. The van der Waals surface area contributed by atoms with Crippen molar-refractivity contribution in [1.29, 1.82) is 0 Å². The van der Waals surface area contributed by atoms with Gasteiger partial charge in [-0.05, 0) is 86.0 Å². The smallest absolute Gasteiger partial charge is 0.407 e. The fourth-order valence-corrected chi connectivity index (χ4v) is 13.0. The van der Waals surface area contributed by atoms with E-state index in [0.29, 0.717) is 17.8 Å². The number of likely N-dealkylation sites (N-methyl/N-ethyl adjacent to an activating group) is 1. The van der Waals surface area contributed by atoms with Crippen LogP contribution in [0.1, 0.15) is 86.2 Å². The number of carbonyl (C=O) groups is 7. The Hall–Kier alpha value is -6.96. The lowest BCUT2D eigenvalue weighted by atomic mass is 9.39. The normalized spacial score (nSPS) is 27.9. The molecular formula is C54H68N6O18. The highest BCUT2D eigenvalue weighted by Gasteiger charge is 2.66. The second-order valence-electron chi connectivity index (χ2n) is 21.9. The number of carboxylic acid groups (broad SMARTS) is 2. The highest BCUT2D eigenvalue weighted by Crippen LogP contribution is 2.72. The van der Waals surface area contributed by atoms with Crippen LogP contribution in [0, 0.1) is 23.2 Å². The summed E-state index contributed by atoms with van der Waals surface area (Å²) in [5.74, 6) is -4.26. The number of benzene rings is 1. The number of amides is 5. The zero-order chi connectivity index (χ0) is 56.2. The number of imide groups is 1. The van der Waals surface area contributed by atoms with Gasteiger partial charge in [-0.3, -0.25) is 24.1 Å². The molecule has 4 bridgehead atoms. The minimum absolute atomic E-state index is 0.00276. The maximum atomic E-state index is 13.2. The minimum Gasteiger partial charge on any atom is -0.491 e. The molecule has 1 aromatic carbocycles. The second kappa shape index (κ2) is 23.6. The zero-order valence-corrected chi connectivity index (χ0v) is 44.0. The molecule has 8 N–H and O–H groups in total. The maximum absolute atomic E-state index is 13.2. The van der Waals surface area contributed by atoms with E-state index in [1.54, 1.807) is 12.1 Å². The van der Waals surface area contributed by atoms with Gasteiger partial charge in [-0.2, -0.15) is 0 Å². The molecule has 3 unspecified atom stereocenters. The number of hydrogen-bond donors (Lipinski definition) is 8. The Bertz CT molecular complexity index is 2780. The summed E-state index contributed by atoms with van der Waals surface area (Å²) < 4.78 is 37.2. The molecule has 78 heavy (non-hydrogen) atoms. The van der Waals surface area contributed by atoms with E-state index in [0.717, 1.165) is 66.8 Å². The number of carbonyl (C=O) groups excluding carboxylic acids is 5. The molecule has 24 nitrogen and oxygen atoms in total. The van der Waals surface area contributed by atoms with Crippen molar-refractivity contribution in [3.05, 3.63) is 77.4 Å². The SMILES string of the molecule is CNC(=O)Cc1ccc(-c2ccn(CC34CC5(C)CC(C)(C3)CC(OCCNC(=O)OCc3ccc(OCCOCCNC(=O)CCN6C(=O)C=CC6=O)cc3OC3O[C@H](C(=O)O)[C@@H](O)[C@H](O)[C@H]3O)(C5)C4)c2C)c(C(=O)O)n1. The molecule has 3 aromatic rings. The summed E-state index contributed by atoms with van der Waals surface area (Å²) in [4.78, 5) is 90.4. The number of pyridine rings is 1. The number of aromatic carboxylic acids is 1. The monoisotopic (exact) mass is 1090 g/mol. The fourth-order valence-electron chi connectivity index (χ4n) is 13.0. The Kier molecular flexibility index (Phi) is 17.3. The average molecular weight is 1090 g/mol. The van der Waals surface area contributed by atoms with Crippen molar-refractivity contribution in [1.82, 2.24) is 30.4 Å². The number of nitrogens with one attached hydrogen (secondary N) is 3. The van der Waals surface area contributed by atoms with Crippen LogP contribution in [-0.4, -0.2) is 171 Å². The van der Waals surface area contributed by atoms with E-state index in [1.807, 2.05) is 19.2 Å². The lowest BCUT2D eigenvalue weighted by molar-refractivity contribution is -0.271. The predicted molar refractivity (Wildman–Crippen MR) is 272 cm³/mol. The summed E-state index contributed by atoms with van der Waals surface area (Å²) in [6.07, 6.45) is -0.585. The predicted octanol–water partition coefficient (Wildman–Crippen LogP) is 2.01. The van der Waals surface area contributed by atoms with Gasteiger partial charge in [0.1, 0.15) is 43.0 Å². The van der Waals surface area contributed by atoms with Crippen molar-refractivity contribution in [3.8, 4) is 22.6 Å². The third kappa shape index (κ3) is 13.1. The standard InChI is InChI=1S/C54H68N6O18/c1-31-35(36-8-6-33(21-39(62)55-4)58-42(36)47(68)69)11-15-59(31)30-53-25-51(2)24-52(3,26-53)28-54(27-51,29-53)76-18-14-57-50(72)75-23-32-5-7-34(22-37(32)77-49-45(67)43(65)44(66)46(78-49)48(70)71)74-20-19-73-17-13-56-38(61)12-16-60-40(63)9-10-41(60)64/h5-11,15,22,43-46,49,65-67H,12-14,16-21,23-30H2,1-4H3,(H,55,62)(H,56,61)(H,57,72)(H,68,69)(H,70,71)/t43-,44-,45+,46-,49?,51?,52?,53?,54?/m0/s1. The van der Waals surface area contributed by atoms with Gasteiger partial charge in [-0.25, -0.2) is 19.4 Å². The Morgan fingerprint density at radius 3 is 2.22 bits per heavy atom. The Morgan fingerprint density at radius 2 is 1.53 bits per heavy atom. The number of nitrogens with zero attached hydrogens (tertiary/aromatic N) is 3. The topological polar surface area (TPSA) is 333 Å². The third-order valence-electron chi connectivity index (χ3n) is 15.2. The van der Waals surface area contributed by atoms with Gasteiger partial charge < -0.3 is 74.5 Å². The molecule has 2 aromatic heterocycles. The molecule has 24 heteroatoms. The van der Waals surface area contributed by atoms with Gasteiger partial charge >= 0.3 is 18.0 Å². The second-order valence-corrected chi connectivity index (χ2v) is 21.9. The lowest BCUT2D eigenvalue weighted by Crippen LogP contribution is -2.64. The molecular weight excluding hydrogens is 1020 g/mol. The average Bonchev–Trinajstić information content (AvgIpc) is 4.03. The Balaban J connectivity index is 0.852. The van der Waals surface area contributed by atoms with Gasteiger partial charge in [-0.1, -0.05) is 19.9 Å². The van der Waals surface area contributed by atoms with Crippen LogP contribution in [0.25, 0.3) is 11.1 Å². The van der Waals surface area contributed by atoms with Gasteiger partial charge in [0, 0.05) is 86.4 Å². The van der Waals surface area contributed by atoms with Crippen LogP contribution in [0.2, 0.25) is 0 Å². The number of carboxylic acids is 2. The summed E-state index contributed by atoms with van der Waals surface area (Å²) >= 11 is 0. The largest absolute Gasteiger partial charge is 0.491 e. The van der Waals surface area contributed by atoms with Crippen LogP contribution in [-0.2, 0) is 62.5 Å². The van der Waals surface area contributed by atoms with Crippen LogP contribution in [0.15, 0.2) is 54.7 Å². The van der Waals surface area contributed by atoms with Crippen LogP contribution < -0.4 is 25.4 Å². The van der Waals surface area contributed by atoms with Gasteiger partial charge in [-0.15, -0.1) is 0 Å². The molecule has 0 spiro atoms. The first kappa shape index (κ1) is 57.2. The van der Waals surface area contributed by atoms with Gasteiger partial charge in [0.15, 0.2) is 11.8 Å². The maximum Gasteiger partial charge on any atom is 0.407 e. The van der Waals surface area contributed by atoms with Gasteiger partial charge in [0.25, 0.3) is 11.8 Å². The third-order valence-corrected chi connectivity index (χ3v) is 15.2. The molecule has 7 atom stereocenters. The molecule has 5 fully saturated rings. The summed E-state index contributed by atoms with van der Waals surface area (Å²) in [7, 11) is 1.51. The van der Waals surface area contributed by atoms with Gasteiger partial charge in [0.05, 0.1) is 37.5 Å². The van der Waals surface area contributed by atoms with E-state index in [2.05, 4.69) is 39.3 Å². The Morgan fingerprint density at radius 1 is 0.808 bits per heavy atom. The van der Waals surface area contributed by atoms with Crippen molar-refractivity contribution in [2.45, 2.75) is 122 Å². The van der Waals surface area contributed by atoms with Crippen LogP contribution in [0.3, 0.4) is 0 Å². The number of alkyl carbamates (subject to hydrolysis) is 1. The summed E-state index contributed by atoms with van der Waals surface area (Å²) in [5, 5.41) is 59.1. The molecule has 4 saturated carbocycles. The molecule has 0 radical (unpaired) electrons. The highest BCUT2D eigenvalue weighted by atomic mass is 16.7. The summed E-state index contributed by atoms with van der Waals surface area (Å²) in [6, 6.07) is 9.73. The van der Waals surface area contributed by atoms with E-state index in [9.17, 15) is 59.1 Å². The highest BCUT2D eigenvalue weighted by molar-refractivity contribution is 6.13. The molecule has 5 amide bonds. The van der Waals surface area contributed by atoms with Crippen molar-refractivity contribution in [2.24, 2.45) is 16.2 Å². The Labute approximate surface area is 449 Å². The van der Waals surface area contributed by atoms with Crippen LogP contribution >= 0.6 is 0 Å². The van der Waals surface area contributed by atoms with E-state index < -0.39 is 66.2 Å². The number of ether oxygens (including phenoxy) is 6. The van der Waals surface area contributed by atoms with Crippen molar-refractivity contribution >= 4 is 41.7 Å². The molecule has 4 aliphatic carbocycles. The first-order valence-corrected chi connectivity index (χ1v) is 25.9. The van der Waals surface area contributed by atoms with E-state index in [1.165, 1.54) is 25.2 Å². The van der Waals surface area contributed by atoms with E-state index in [-0.39, 0.29) is 116 Å². The lowest BCUT2D eigenvalue weighted by Gasteiger charge is -2.69. The summed E-state index contributed by atoms with van der Waals surface area (Å²) in [6.45, 7) is 7.56. The van der Waals surface area contributed by atoms with Crippen molar-refractivity contribution < 1.29 is 87.5 Å². The first-order chi connectivity index (χ1) is 37.0. The van der Waals surface area contributed by atoms with E-state index >= 15 is 0 Å². The van der Waals surface area contributed by atoms with Crippen LogP contribution in [0.4, 0.5) is 4.79 Å². The molecule has 2 aliphatic heterocycles. The number of rotatable bonds is 25. The number of aliphatic hydroxyl groups excluding tert-OH is 3. The quantitative estimate of drug-likeness (QED) is 0.0444. The molecule has 6 aliphatic rings. The number of aliphatic carboxylic acids is 1. The first-order valence-electron chi connectivity index (χ1n) is 25.9. The minimum atomic E-state index is -1.97. The number of aliphatic hydroxyl groups is 3. The van der Waals surface area contributed by atoms with E-state index in [4.69, 9.17) is 28.4 Å². The molecule has 1 saturated heterocycles. The van der Waals surface area contributed by atoms with Crippen molar-refractivity contribution in [3.63, 3.8) is 0 Å². The van der Waals surface area contributed by atoms with Crippen LogP contribution in [0.5, 0.6) is 11.5 Å². The summed E-state index contributed by atoms with van der Waals surface area (Å²) in [5.41, 5.74) is 2.03. The molecule has 422 valence electrons. The van der Waals surface area contributed by atoms with Gasteiger partial charge in [0.2, 0.25) is 18.1 Å².